The molecule has 0 bridgehead atoms. The van der Waals surface area contributed by atoms with Crippen LogP contribution >= 0.6 is 11.8 Å². The molecule has 122 valence electrons. The van der Waals surface area contributed by atoms with E-state index in [2.05, 4.69) is 32.7 Å². The lowest BCUT2D eigenvalue weighted by Gasteiger charge is -2.28. The van der Waals surface area contributed by atoms with Gasteiger partial charge in [-0.3, -0.25) is 9.89 Å². The summed E-state index contributed by atoms with van der Waals surface area (Å²) in [6.45, 7) is 3.11. The summed E-state index contributed by atoms with van der Waals surface area (Å²) < 4.78 is 0. The molecule has 1 aliphatic rings. The van der Waals surface area contributed by atoms with E-state index in [-0.39, 0.29) is 11.9 Å². The zero-order valence-corrected chi connectivity index (χ0v) is 13.9. The van der Waals surface area contributed by atoms with Crippen LogP contribution in [-0.4, -0.2) is 39.7 Å². The number of thioether (sulfide) groups is 1. The van der Waals surface area contributed by atoms with Crippen molar-refractivity contribution in [1.82, 2.24) is 25.8 Å². The smallest absolute Gasteiger partial charge is 0.251 e. The van der Waals surface area contributed by atoms with E-state index in [9.17, 15) is 4.79 Å². The molecule has 0 spiro atoms. The topological polar surface area (TPSA) is 82.7 Å². The number of nitrogens with zero attached hydrogens (tertiary/aromatic N) is 2. The van der Waals surface area contributed by atoms with Crippen LogP contribution in [0.1, 0.15) is 35.7 Å². The van der Waals surface area contributed by atoms with Crippen LogP contribution in [0.15, 0.2) is 35.7 Å². The van der Waals surface area contributed by atoms with E-state index >= 15 is 0 Å². The molecule has 1 fully saturated rings. The highest BCUT2D eigenvalue weighted by molar-refractivity contribution is 7.98. The average Bonchev–Trinajstić information content (AvgIpc) is 3.07. The molecule has 1 saturated heterocycles. The Balaban J connectivity index is 1.52. The number of rotatable bonds is 5. The summed E-state index contributed by atoms with van der Waals surface area (Å²) in [7, 11) is 0. The first-order valence-electron chi connectivity index (χ1n) is 7.82. The standard InChI is InChI=1S/C16H21N5OS/c1-11-8-14(6-7-17-11)20-15(22)13-4-2-12(3-5-13)9-23-16-18-10-19-21-16/h2-5,10-11,14,17H,6-9H2,1H3,(H,20,22)(H,18,19,21). The van der Waals surface area contributed by atoms with Gasteiger partial charge in [0.25, 0.3) is 5.91 Å². The highest BCUT2D eigenvalue weighted by atomic mass is 32.2. The third kappa shape index (κ3) is 4.56. The van der Waals surface area contributed by atoms with E-state index in [0.29, 0.717) is 11.6 Å². The number of carbonyl (C=O) groups excluding carboxylic acids is 1. The SMILES string of the molecule is CC1CC(NC(=O)c2ccc(CSc3ncn[nH]3)cc2)CCN1. The Hall–Kier alpha value is -1.86. The highest BCUT2D eigenvalue weighted by Gasteiger charge is 2.20. The first-order valence-corrected chi connectivity index (χ1v) is 8.80. The normalized spacial score (nSPS) is 21.1. The second-order valence-electron chi connectivity index (χ2n) is 5.83. The van der Waals surface area contributed by atoms with Gasteiger partial charge in [-0.25, -0.2) is 4.98 Å². The largest absolute Gasteiger partial charge is 0.349 e. The molecule has 1 aromatic heterocycles. The summed E-state index contributed by atoms with van der Waals surface area (Å²) in [5.74, 6) is 0.807. The number of hydrogen-bond donors (Lipinski definition) is 3. The van der Waals surface area contributed by atoms with Gasteiger partial charge in [0, 0.05) is 23.4 Å². The summed E-state index contributed by atoms with van der Waals surface area (Å²) in [6.07, 6.45) is 3.47. The number of aromatic nitrogens is 3. The molecule has 3 N–H and O–H groups in total. The molecule has 0 saturated carbocycles. The maximum Gasteiger partial charge on any atom is 0.251 e. The zero-order valence-electron chi connectivity index (χ0n) is 13.1. The van der Waals surface area contributed by atoms with Crippen LogP contribution in [0, 0.1) is 0 Å². The molecule has 3 rings (SSSR count). The first kappa shape index (κ1) is 16.0. The Bertz CT molecular complexity index is 628. The van der Waals surface area contributed by atoms with Crippen LogP contribution < -0.4 is 10.6 Å². The maximum absolute atomic E-state index is 12.3. The van der Waals surface area contributed by atoms with E-state index in [1.807, 2.05) is 24.3 Å². The molecule has 23 heavy (non-hydrogen) atoms. The summed E-state index contributed by atoms with van der Waals surface area (Å²) >= 11 is 1.59. The molecular weight excluding hydrogens is 310 g/mol. The molecule has 1 amide bonds. The molecular formula is C16H21N5OS. The summed E-state index contributed by atoms with van der Waals surface area (Å²) in [5, 5.41) is 14.0. The van der Waals surface area contributed by atoms with Gasteiger partial charge >= 0.3 is 0 Å². The molecule has 2 atom stereocenters. The van der Waals surface area contributed by atoms with Gasteiger partial charge in [0.1, 0.15) is 6.33 Å². The molecule has 2 heterocycles. The van der Waals surface area contributed by atoms with Crippen LogP contribution in [0.25, 0.3) is 0 Å². The molecule has 2 aromatic rings. The van der Waals surface area contributed by atoms with E-state index < -0.39 is 0 Å². The van der Waals surface area contributed by atoms with Crippen LogP contribution in [0.5, 0.6) is 0 Å². The van der Waals surface area contributed by atoms with Gasteiger partial charge in [-0.2, -0.15) is 5.10 Å². The zero-order chi connectivity index (χ0) is 16.1. The predicted octanol–water partition coefficient (Wildman–Crippen LogP) is 1.97. The Kier molecular flexibility index (Phi) is 5.30. The van der Waals surface area contributed by atoms with Gasteiger partial charge in [-0.1, -0.05) is 23.9 Å². The second-order valence-corrected chi connectivity index (χ2v) is 6.79. The highest BCUT2D eigenvalue weighted by Crippen LogP contribution is 2.18. The predicted molar refractivity (Wildman–Crippen MR) is 90.3 cm³/mol. The van der Waals surface area contributed by atoms with Gasteiger partial charge < -0.3 is 10.6 Å². The van der Waals surface area contributed by atoms with Gasteiger partial charge in [0.2, 0.25) is 0 Å². The molecule has 0 aliphatic carbocycles. The van der Waals surface area contributed by atoms with Crippen molar-refractivity contribution < 1.29 is 4.79 Å². The van der Waals surface area contributed by atoms with E-state index in [4.69, 9.17) is 0 Å². The van der Waals surface area contributed by atoms with Crippen molar-refractivity contribution in [3.63, 3.8) is 0 Å². The Labute approximate surface area is 139 Å². The van der Waals surface area contributed by atoms with Crippen molar-refractivity contribution in [2.24, 2.45) is 0 Å². The Morgan fingerprint density at radius 3 is 2.91 bits per heavy atom. The summed E-state index contributed by atoms with van der Waals surface area (Å²) in [6, 6.07) is 8.48. The van der Waals surface area contributed by atoms with Crippen molar-refractivity contribution in [2.45, 2.75) is 42.8 Å². The third-order valence-corrected chi connectivity index (χ3v) is 4.89. The number of H-pyrrole nitrogens is 1. The maximum atomic E-state index is 12.3. The minimum Gasteiger partial charge on any atom is -0.349 e. The summed E-state index contributed by atoms with van der Waals surface area (Å²) in [5.41, 5.74) is 1.86. The Morgan fingerprint density at radius 2 is 2.22 bits per heavy atom. The van der Waals surface area contributed by atoms with Gasteiger partial charge in [-0.15, -0.1) is 0 Å². The minimum absolute atomic E-state index is 0.0125. The number of nitrogens with one attached hydrogen (secondary N) is 3. The quantitative estimate of drug-likeness (QED) is 0.730. The van der Waals surface area contributed by atoms with Gasteiger partial charge in [-0.05, 0) is 44.0 Å². The Morgan fingerprint density at radius 1 is 1.39 bits per heavy atom. The lowest BCUT2D eigenvalue weighted by molar-refractivity contribution is 0.0925. The van der Waals surface area contributed by atoms with Crippen molar-refractivity contribution >= 4 is 17.7 Å². The fourth-order valence-electron chi connectivity index (χ4n) is 2.70. The van der Waals surface area contributed by atoms with Crippen molar-refractivity contribution in [3.8, 4) is 0 Å². The lowest BCUT2D eigenvalue weighted by Crippen LogP contribution is -2.46. The fourth-order valence-corrected chi connectivity index (χ4v) is 3.43. The molecule has 2 unspecified atom stereocenters. The molecule has 1 aromatic carbocycles. The number of piperidine rings is 1. The third-order valence-electron chi connectivity index (χ3n) is 3.94. The van der Waals surface area contributed by atoms with Gasteiger partial charge in [0.15, 0.2) is 5.16 Å². The lowest BCUT2D eigenvalue weighted by atomic mass is 10.00. The number of hydrogen-bond acceptors (Lipinski definition) is 5. The van der Waals surface area contributed by atoms with E-state index in [1.165, 1.54) is 6.33 Å². The number of carbonyl (C=O) groups is 1. The fraction of sp³-hybridized carbons (Fsp3) is 0.438. The molecule has 0 radical (unpaired) electrons. The number of aromatic amines is 1. The summed E-state index contributed by atoms with van der Waals surface area (Å²) in [4.78, 5) is 16.4. The first-order chi connectivity index (χ1) is 11.2. The average molecular weight is 331 g/mol. The molecule has 6 nitrogen and oxygen atoms in total. The molecule has 7 heteroatoms. The number of benzene rings is 1. The van der Waals surface area contributed by atoms with Crippen LogP contribution in [0.4, 0.5) is 0 Å². The van der Waals surface area contributed by atoms with Crippen molar-refractivity contribution in [1.29, 1.82) is 0 Å². The monoisotopic (exact) mass is 331 g/mol. The van der Waals surface area contributed by atoms with Crippen LogP contribution in [-0.2, 0) is 5.75 Å². The van der Waals surface area contributed by atoms with E-state index in [0.717, 1.165) is 35.9 Å². The van der Waals surface area contributed by atoms with Crippen LogP contribution in [0.2, 0.25) is 0 Å². The van der Waals surface area contributed by atoms with Crippen LogP contribution in [0.3, 0.4) is 0 Å². The minimum atomic E-state index is 0.0125. The van der Waals surface area contributed by atoms with Crippen molar-refractivity contribution in [2.75, 3.05) is 6.54 Å². The second kappa shape index (κ2) is 7.61. The molecule has 1 aliphatic heterocycles. The van der Waals surface area contributed by atoms with E-state index in [1.54, 1.807) is 11.8 Å². The van der Waals surface area contributed by atoms with Gasteiger partial charge in [0.05, 0.1) is 0 Å². The number of amides is 1. The van der Waals surface area contributed by atoms with Crippen molar-refractivity contribution in [3.05, 3.63) is 41.7 Å².